The molecule has 620 valence electrons. The van der Waals surface area contributed by atoms with Crippen LogP contribution in [0.4, 0.5) is 0 Å². The van der Waals surface area contributed by atoms with Crippen molar-refractivity contribution in [3.63, 3.8) is 0 Å². The molecule has 0 bridgehead atoms. The lowest BCUT2D eigenvalue weighted by Crippen LogP contribution is -2.49. The van der Waals surface area contributed by atoms with Gasteiger partial charge in [-0.3, -0.25) is 0 Å². The Kier molecular flexibility index (Phi) is 22.7. The molecular weight excluding hydrogens is 1400 g/mol. The topological polar surface area (TPSA) is 13.0 Å². The first kappa shape index (κ1) is 80.4. The van der Waals surface area contributed by atoms with Crippen LogP contribution in [0.15, 0.2) is 170 Å². The van der Waals surface area contributed by atoms with E-state index in [4.69, 9.17) is 0 Å². The molecule has 12 saturated carbocycles. The van der Waals surface area contributed by atoms with Crippen molar-refractivity contribution >= 4 is 43.8 Å². The van der Waals surface area contributed by atoms with Gasteiger partial charge in [0.1, 0.15) is 0 Å². The van der Waals surface area contributed by atoms with Gasteiger partial charge >= 0.3 is 0 Å². The Morgan fingerprint density at radius 1 is 0.233 bits per heavy atom. The van der Waals surface area contributed by atoms with Crippen molar-refractivity contribution in [1.29, 1.82) is 0 Å². The van der Waals surface area contributed by atoms with E-state index in [1.165, 1.54) is 249 Å². The maximum atomic E-state index is 2.66. The average Bonchev–Trinajstić information content (AvgIpc) is 1.55. The lowest BCUT2D eigenvalue weighted by atomic mass is 9.49. The number of nitrogens with zero attached hydrogens (tertiary/aromatic N) is 4. The van der Waals surface area contributed by atoms with Crippen LogP contribution in [0.2, 0.25) is 0 Å². The Bertz CT molecular complexity index is 4250. The minimum atomic E-state index is 0.374. The van der Waals surface area contributed by atoms with Crippen LogP contribution in [0.25, 0.3) is 43.8 Å². The van der Waals surface area contributed by atoms with Crippen LogP contribution in [0.3, 0.4) is 0 Å². The third-order valence-corrected chi connectivity index (χ3v) is 39.3. The first-order valence-corrected chi connectivity index (χ1v) is 48.8. The van der Waals surface area contributed by atoms with Crippen molar-refractivity contribution in [2.75, 3.05) is 56.4 Å². The maximum Gasteiger partial charge on any atom is 0.00920 e. The third kappa shape index (κ3) is 14.3. The molecule has 6 aromatic rings. The molecule has 28 atom stereocenters. The molecule has 0 saturated heterocycles. The predicted molar refractivity (Wildman–Crippen MR) is 493 cm³/mol. The quantitative estimate of drug-likeness (QED) is 0.151. The highest BCUT2D eigenvalue weighted by molar-refractivity contribution is 5.96. The smallest absolute Gasteiger partial charge is 0.00920 e. The minimum Gasteiger partial charge on any atom is -0.306 e. The van der Waals surface area contributed by atoms with Crippen LogP contribution >= 0.6 is 0 Å². The molecule has 22 rings (SSSR count). The molecule has 0 aromatic heterocycles. The van der Waals surface area contributed by atoms with Gasteiger partial charge in [-0.1, -0.05) is 198 Å². The third-order valence-electron chi connectivity index (χ3n) is 39.3. The fourth-order valence-electron chi connectivity index (χ4n) is 33.3. The van der Waals surface area contributed by atoms with E-state index in [9.17, 15) is 0 Å². The van der Waals surface area contributed by atoms with Crippen LogP contribution in [-0.2, 0) is 0 Å². The summed E-state index contributed by atoms with van der Waals surface area (Å²) in [6, 6.07) is 57.7. The summed E-state index contributed by atoms with van der Waals surface area (Å²) in [6.45, 7) is 10.5. The molecule has 0 heterocycles. The molecule has 0 spiro atoms. The summed E-state index contributed by atoms with van der Waals surface area (Å²) in [7, 11) is 18.3. The molecular formula is C112H152N4. The molecule has 4 nitrogen and oxygen atoms in total. The standard InChI is InChI=1S/2C30H39N.2C26H37N/c2*1-30-18-17-25-24-14-12-22(31(2)3)19-21(24)11-13-27(25)29(30)16-15-28(30)26-10-6-8-20-7-4-5-9-23(20)26;2*1-26-16-15-22-21-12-10-20(27(2)3)17-19(21)9-11-23(22)25(26)14-13-24(26)18-7-5-4-6-8-18/h2*4-10,15,21-22,24-25,27,29H,11-14,16-19H2,1-3H3;2*4-8,13,19-23,25H,9-12,14-17H2,1-3H3/t2*21-,22-,24-,25+,27+,29-,30+;2*19-,20-,21-,22+,23+,25-,26+/m0000/s1. The molecule has 4 heteroatoms. The van der Waals surface area contributed by atoms with Gasteiger partial charge in [-0.05, 0) is 468 Å². The van der Waals surface area contributed by atoms with Gasteiger partial charge in [-0.15, -0.1) is 0 Å². The van der Waals surface area contributed by atoms with Crippen molar-refractivity contribution in [3.8, 4) is 0 Å². The lowest BCUT2D eigenvalue weighted by Gasteiger charge is -2.56. The van der Waals surface area contributed by atoms with E-state index in [0.29, 0.717) is 21.7 Å². The second-order valence-corrected chi connectivity index (χ2v) is 44.5. The van der Waals surface area contributed by atoms with E-state index in [-0.39, 0.29) is 0 Å². The fraction of sp³-hybridized carbons (Fsp3) is 0.643. The lowest BCUT2D eigenvalue weighted by molar-refractivity contribution is -0.0482. The average molecular weight is 1550 g/mol. The van der Waals surface area contributed by atoms with Crippen LogP contribution in [0, 0.1) is 140 Å². The maximum absolute atomic E-state index is 2.66. The number of benzene rings is 6. The molecule has 12 fully saturated rings. The normalized spacial score (nSPS) is 41.5. The van der Waals surface area contributed by atoms with Gasteiger partial charge in [0.2, 0.25) is 0 Å². The van der Waals surface area contributed by atoms with Gasteiger partial charge in [0, 0.05) is 24.2 Å². The summed E-state index contributed by atoms with van der Waals surface area (Å²) in [5, 5.41) is 5.68. The highest BCUT2D eigenvalue weighted by Gasteiger charge is 2.60. The highest BCUT2D eigenvalue weighted by atomic mass is 15.1. The molecule has 16 aliphatic carbocycles. The number of allylic oxidation sites excluding steroid dienone is 8. The second kappa shape index (κ2) is 32.8. The minimum absolute atomic E-state index is 0.374. The number of hydrogen-bond acceptors (Lipinski definition) is 4. The van der Waals surface area contributed by atoms with Crippen molar-refractivity contribution in [1.82, 2.24) is 19.6 Å². The Morgan fingerprint density at radius 2 is 0.483 bits per heavy atom. The Balaban J connectivity index is 0.000000103. The first-order valence-electron chi connectivity index (χ1n) is 48.8. The Morgan fingerprint density at radius 3 is 0.776 bits per heavy atom. The number of fused-ring (bicyclic) bond motifs is 22. The number of hydrogen-bond donors (Lipinski definition) is 0. The molecule has 0 aliphatic heterocycles. The SMILES string of the molecule is CN(C)[C@H]1CC[C@H]2[C@@H](CC[C@@H]3[C@@H]2CC[C@]2(C)C(c4cccc5ccccc45)=CC[C@@H]32)C1.CN(C)[C@H]1CC[C@H]2[C@@H](CC[C@@H]3[C@@H]2CC[C@]2(C)C(c4cccc5ccccc45)=CC[C@@H]32)C1.CN(C)[C@H]1CC[C@H]2[C@@H](CC[C@@H]3[C@@H]2CC[C@]2(C)C(c4ccccc4)=CC[C@@H]32)C1.CN(C)[C@H]1CC[C@H]2[C@@H](CC[C@@H]3[C@@H]2CC[C@]2(C)C(c4ccccc4)=CC[C@@H]32)C1. The summed E-state index contributed by atoms with van der Waals surface area (Å²) in [5.74, 6) is 19.6. The van der Waals surface area contributed by atoms with E-state index < -0.39 is 0 Å². The molecule has 0 amide bonds. The van der Waals surface area contributed by atoms with Crippen molar-refractivity contribution in [2.45, 2.75) is 257 Å². The molecule has 0 unspecified atom stereocenters. The second-order valence-electron chi connectivity index (χ2n) is 44.5. The fourth-order valence-corrected chi connectivity index (χ4v) is 33.3. The zero-order valence-electron chi connectivity index (χ0n) is 74.4. The molecule has 16 aliphatic rings. The summed E-state index contributed by atoms with van der Waals surface area (Å²) in [5.41, 5.74) is 14.3. The van der Waals surface area contributed by atoms with E-state index in [1.54, 1.807) is 22.3 Å². The zero-order valence-corrected chi connectivity index (χ0v) is 74.4. The van der Waals surface area contributed by atoms with E-state index in [1.807, 2.05) is 0 Å². The van der Waals surface area contributed by atoms with Gasteiger partial charge in [-0.2, -0.15) is 0 Å². The van der Waals surface area contributed by atoms with Crippen LogP contribution in [-0.4, -0.2) is 100 Å². The van der Waals surface area contributed by atoms with E-state index in [0.717, 1.165) is 143 Å². The van der Waals surface area contributed by atoms with Gasteiger partial charge in [-0.25, -0.2) is 0 Å². The van der Waals surface area contributed by atoms with Crippen LogP contribution in [0.5, 0.6) is 0 Å². The Labute approximate surface area is 704 Å². The van der Waals surface area contributed by atoms with Crippen LogP contribution < -0.4 is 0 Å². The molecule has 0 radical (unpaired) electrons. The summed E-state index contributed by atoms with van der Waals surface area (Å²) in [4.78, 5) is 9.98. The summed E-state index contributed by atoms with van der Waals surface area (Å²) >= 11 is 0. The van der Waals surface area contributed by atoms with Gasteiger partial charge in [0.25, 0.3) is 0 Å². The van der Waals surface area contributed by atoms with Crippen LogP contribution in [0.1, 0.15) is 255 Å². The molecule has 0 N–H and O–H groups in total. The van der Waals surface area contributed by atoms with Crippen molar-refractivity contribution < 1.29 is 0 Å². The van der Waals surface area contributed by atoms with Gasteiger partial charge < -0.3 is 19.6 Å². The summed E-state index contributed by atoms with van der Waals surface area (Å²) in [6.07, 6.45) is 56.9. The van der Waals surface area contributed by atoms with Gasteiger partial charge in [0.05, 0.1) is 0 Å². The highest BCUT2D eigenvalue weighted by Crippen LogP contribution is 2.70. The zero-order chi connectivity index (χ0) is 79.5. The first-order chi connectivity index (χ1) is 56.3. The molecule has 116 heavy (non-hydrogen) atoms. The van der Waals surface area contributed by atoms with Crippen molar-refractivity contribution in [2.24, 2.45) is 140 Å². The summed E-state index contributed by atoms with van der Waals surface area (Å²) < 4.78 is 0. The largest absolute Gasteiger partial charge is 0.306 e. The van der Waals surface area contributed by atoms with Gasteiger partial charge in [0.15, 0.2) is 0 Å². The Hall–Kier alpha value is -5.36. The van der Waals surface area contributed by atoms with E-state index in [2.05, 4.69) is 274 Å². The van der Waals surface area contributed by atoms with E-state index >= 15 is 0 Å². The monoisotopic (exact) mass is 1550 g/mol. The number of rotatable bonds is 8. The van der Waals surface area contributed by atoms with Crippen molar-refractivity contribution in [3.05, 3.63) is 192 Å². The predicted octanol–water partition coefficient (Wildman–Crippen LogP) is 27.4. The molecule has 6 aromatic carbocycles.